The largest absolute Gasteiger partial charge is 0.467 e. The second kappa shape index (κ2) is 5.89. The molecule has 0 saturated heterocycles. The molecule has 0 aliphatic carbocycles. The van der Waals surface area contributed by atoms with Crippen LogP contribution in [0.2, 0.25) is 0 Å². The zero-order valence-corrected chi connectivity index (χ0v) is 11.3. The Bertz CT molecular complexity index is 523. The van der Waals surface area contributed by atoms with Crippen molar-refractivity contribution >= 4 is 5.69 Å². The van der Waals surface area contributed by atoms with Gasteiger partial charge in [-0.05, 0) is 37.6 Å². The number of nitrogens with two attached hydrogens (primary N) is 1. The SMILES string of the molecule is CCN(Cc1ccco1)c1c(F)cccc1C(C)N. The van der Waals surface area contributed by atoms with Crippen LogP contribution in [0.3, 0.4) is 0 Å². The van der Waals surface area contributed by atoms with Gasteiger partial charge in [0.15, 0.2) is 0 Å². The molecule has 0 aliphatic rings. The molecule has 0 saturated carbocycles. The van der Waals surface area contributed by atoms with E-state index >= 15 is 0 Å². The molecule has 1 aromatic heterocycles. The molecule has 0 aliphatic heterocycles. The quantitative estimate of drug-likeness (QED) is 0.897. The highest BCUT2D eigenvalue weighted by Crippen LogP contribution is 2.29. The van der Waals surface area contributed by atoms with Gasteiger partial charge in [0, 0.05) is 12.6 Å². The molecular weight excluding hydrogens is 243 g/mol. The number of furan rings is 1. The Morgan fingerprint density at radius 1 is 1.32 bits per heavy atom. The summed E-state index contributed by atoms with van der Waals surface area (Å²) in [4.78, 5) is 1.94. The summed E-state index contributed by atoms with van der Waals surface area (Å²) in [5.41, 5.74) is 7.31. The van der Waals surface area contributed by atoms with Crippen LogP contribution in [0.5, 0.6) is 0 Å². The molecule has 2 rings (SSSR count). The van der Waals surface area contributed by atoms with Crippen LogP contribution in [-0.2, 0) is 6.54 Å². The monoisotopic (exact) mass is 262 g/mol. The molecule has 2 aromatic rings. The molecule has 102 valence electrons. The number of anilines is 1. The normalized spacial score (nSPS) is 12.4. The number of benzene rings is 1. The second-order valence-corrected chi connectivity index (χ2v) is 4.56. The standard InChI is InChI=1S/C15H19FN2O/c1-3-18(10-12-6-5-9-19-12)15-13(11(2)17)7-4-8-14(15)16/h4-9,11H,3,10,17H2,1-2H3. The van der Waals surface area contributed by atoms with Crippen molar-refractivity contribution in [2.75, 3.05) is 11.4 Å². The first-order chi connectivity index (χ1) is 9.13. The Kier molecular flexibility index (Phi) is 4.22. The predicted octanol–water partition coefficient (Wildman–Crippen LogP) is 3.46. The maximum atomic E-state index is 14.1. The lowest BCUT2D eigenvalue weighted by Gasteiger charge is -2.26. The zero-order valence-electron chi connectivity index (χ0n) is 11.3. The third-order valence-electron chi connectivity index (χ3n) is 3.13. The van der Waals surface area contributed by atoms with Crippen LogP contribution >= 0.6 is 0 Å². The minimum Gasteiger partial charge on any atom is -0.467 e. The minimum absolute atomic E-state index is 0.212. The highest BCUT2D eigenvalue weighted by atomic mass is 19.1. The number of nitrogens with zero attached hydrogens (tertiary/aromatic N) is 1. The zero-order chi connectivity index (χ0) is 13.8. The van der Waals surface area contributed by atoms with Gasteiger partial charge in [-0.2, -0.15) is 0 Å². The molecule has 0 amide bonds. The molecule has 1 atom stereocenters. The van der Waals surface area contributed by atoms with E-state index in [4.69, 9.17) is 10.2 Å². The summed E-state index contributed by atoms with van der Waals surface area (Å²) >= 11 is 0. The van der Waals surface area contributed by atoms with E-state index in [2.05, 4.69) is 0 Å². The van der Waals surface area contributed by atoms with Crippen LogP contribution in [0.4, 0.5) is 10.1 Å². The van der Waals surface area contributed by atoms with Crippen molar-refractivity contribution < 1.29 is 8.81 Å². The summed E-state index contributed by atoms with van der Waals surface area (Å²) in [6, 6.07) is 8.53. The Morgan fingerprint density at radius 2 is 2.11 bits per heavy atom. The summed E-state index contributed by atoms with van der Waals surface area (Å²) in [5, 5.41) is 0. The highest BCUT2D eigenvalue weighted by Gasteiger charge is 2.18. The van der Waals surface area contributed by atoms with Crippen molar-refractivity contribution in [2.45, 2.75) is 26.4 Å². The molecular formula is C15H19FN2O. The van der Waals surface area contributed by atoms with E-state index in [1.807, 2.05) is 36.9 Å². The van der Waals surface area contributed by atoms with E-state index in [-0.39, 0.29) is 11.9 Å². The summed E-state index contributed by atoms with van der Waals surface area (Å²) in [6.45, 7) is 5.06. The maximum absolute atomic E-state index is 14.1. The molecule has 0 spiro atoms. The molecule has 1 aromatic carbocycles. The number of hydrogen-bond acceptors (Lipinski definition) is 3. The Balaban J connectivity index is 2.37. The average Bonchev–Trinajstić information content (AvgIpc) is 2.89. The molecule has 19 heavy (non-hydrogen) atoms. The Hall–Kier alpha value is -1.81. The predicted molar refractivity (Wildman–Crippen MR) is 74.4 cm³/mol. The first kappa shape index (κ1) is 13.6. The van der Waals surface area contributed by atoms with E-state index in [1.54, 1.807) is 12.3 Å². The van der Waals surface area contributed by atoms with Crippen LogP contribution < -0.4 is 10.6 Å². The van der Waals surface area contributed by atoms with Gasteiger partial charge in [-0.25, -0.2) is 4.39 Å². The van der Waals surface area contributed by atoms with Crippen molar-refractivity contribution in [2.24, 2.45) is 5.73 Å². The van der Waals surface area contributed by atoms with Crippen LogP contribution in [0.25, 0.3) is 0 Å². The van der Waals surface area contributed by atoms with E-state index in [9.17, 15) is 4.39 Å². The summed E-state index contributed by atoms with van der Waals surface area (Å²) in [7, 11) is 0. The number of hydrogen-bond donors (Lipinski definition) is 1. The van der Waals surface area contributed by atoms with Gasteiger partial charge in [0.2, 0.25) is 0 Å². The van der Waals surface area contributed by atoms with E-state index in [1.165, 1.54) is 6.07 Å². The van der Waals surface area contributed by atoms with Gasteiger partial charge in [-0.3, -0.25) is 0 Å². The van der Waals surface area contributed by atoms with Gasteiger partial charge in [0.1, 0.15) is 11.6 Å². The van der Waals surface area contributed by atoms with Gasteiger partial charge >= 0.3 is 0 Å². The van der Waals surface area contributed by atoms with Crippen LogP contribution in [-0.4, -0.2) is 6.54 Å². The second-order valence-electron chi connectivity index (χ2n) is 4.56. The van der Waals surface area contributed by atoms with Crippen LogP contribution in [0.1, 0.15) is 31.2 Å². The average molecular weight is 262 g/mol. The maximum Gasteiger partial charge on any atom is 0.146 e. The van der Waals surface area contributed by atoms with Crippen molar-refractivity contribution in [3.8, 4) is 0 Å². The molecule has 1 unspecified atom stereocenters. The smallest absolute Gasteiger partial charge is 0.146 e. The molecule has 2 N–H and O–H groups in total. The summed E-state index contributed by atoms with van der Waals surface area (Å²) in [6.07, 6.45) is 1.62. The molecule has 4 heteroatoms. The lowest BCUT2D eigenvalue weighted by atomic mass is 10.1. The summed E-state index contributed by atoms with van der Waals surface area (Å²) in [5.74, 6) is 0.559. The molecule has 0 fully saturated rings. The van der Waals surface area contributed by atoms with Crippen molar-refractivity contribution in [1.82, 2.24) is 0 Å². The third kappa shape index (κ3) is 2.96. The first-order valence-electron chi connectivity index (χ1n) is 6.44. The van der Waals surface area contributed by atoms with Crippen molar-refractivity contribution in [3.05, 3.63) is 53.7 Å². The fourth-order valence-electron chi connectivity index (χ4n) is 2.17. The molecule has 3 nitrogen and oxygen atoms in total. The van der Waals surface area contributed by atoms with Crippen LogP contribution in [0, 0.1) is 5.82 Å². The van der Waals surface area contributed by atoms with E-state index < -0.39 is 0 Å². The van der Waals surface area contributed by atoms with Gasteiger partial charge in [-0.15, -0.1) is 0 Å². The lowest BCUT2D eigenvalue weighted by molar-refractivity contribution is 0.500. The van der Waals surface area contributed by atoms with E-state index in [0.29, 0.717) is 18.8 Å². The fourth-order valence-corrected chi connectivity index (χ4v) is 2.17. The van der Waals surface area contributed by atoms with Crippen molar-refractivity contribution in [1.29, 1.82) is 0 Å². The van der Waals surface area contributed by atoms with Crippen molar-refractivity contribution in [3.63, 3.8) is 0 Å². The third-order valence-corrected chi connectivity index (χ3v) is 3.13. The van der Waals surface area contributed by atoms with Gasteiger partial charge in [-0.1, -0.05) is 12.1 Å². The fraction of sp³-hybridized carbons (Fsp3) is 0.333. The molecule has 1 heterocycles. The number of halogens is 1. The first-order valence-corrected chi connectivity index (χ1v) is 6.44. The Morgan fingerprint density at radius 3 is 2.68 bits per heavy atom. The Labute approximate surface area is 112 Å². The number of rotatable bonds is 5. The molecule has 0 bridgehead atoms. The number of para-hydroxylation sites is 1. The lowest BCUT2D eigenvalue weighted by Crippen LogP contribution is -2.25. The molecule has 0 radical (unpaired) electrons. The van der Waals surface area contributed by atoms with E-state index in [0.717, 1.165) is 11.3 Å². The topological polar surface area (TPSA) is 42.4 Å². The van der Waals surface area contributed by atoms with Gasteiger partial charge in [0.05, 0.1) is 18.5 Å². The van der Waals surface area contributed by atoms with Crippen LogP contribution in [0.15, 0.2) is 41.0 Å². The highest BCUT2D eigenvalue weighted by molar-refractivity contribution is 5.56. The minimum atomic E-state index is -0.247. The summed E-state index contributed by atoms with van der Waals surface area (Å²) < 4.78 is 19.5. The van der Waals surface area contributed by atoms with Gasteiger partial charge < -0.3 is 15.1 Å². The van der Waals surface area contributed by atoms with Gasteiger partial charge in [0.25, 0.3) is 0 Å².